The number of halogens is 1. The second-order valence-electron chi connectivity index (χ2n) is 4.78. The van der Waals surface area contributed by atoms with Crippen LogP contribution in [0, 0.1) is 11.7 Å². The molecule has 1 fully saturated rings. The van der Waals surface area contributed by atoms with Gasteiger partial charge in [0.15, 0.2) is 0 Å². The quantitative estimate of drug-likeness (QED) is 0.896. The summed E-state index contributed by atoms with van der Waals surface area (Å²) in [5.74, 6) is -0.0405. The molecule has 1 amide bonds. The molecule has 0 aliphatic carbocycles. The molecule has 0 radical (unpaired) electrons. The molecule has 1 aliphatic rings. The Balaban J connectivity index is 2.04. The number of amides is 1. The molecule has 6 heteroatoms. The highest BCUT2D eigenvalue weighted by atomic mass is 32.2. The third-order valence-electron chi connectivity index (χ3n) is 3.32. The van der Waals surface area contributed by atoms with E-state index < -0.39 is 17.3 Å². The van der Waals surface area contributed by atoms with Gasteiger partial charge in [-0.2, -0.15) is 11.8 Å². The monoisotopic (exact) mass is 297 g/mol. The lowest BCUT2D eigenvalue weighted by atomic mass is 9.98. The minimum atomic E-state index is -1.38. The number of carboxylic acids is 1. The van der Waals surface area contributed by atoms with Crippen LogP contribution in [0.3, 0.4) is 0 Å². The van der Waals surface area contributed by atoms with Gasteiger partial charge < -0.3 is 10.4 Å². The van der Waals surface area contributed by atoms with E-state index in [9.17, 15) is 14.0 Å². The van der Waals surface area contributed by atoms with Gasteiger partial charge in [0.05, 0.1) is 5.69 Å². The van der Waals surface area contributed by atoms with Gasteiger partial charge in [0, 0.05) is 6.42 Å². The van der Waals surface area contributed by atoms with E-state index in [0.717, 1.165) is 30.4 Å². The highest BCUT2D eigenvalue weighted by Crippen LogP contribution is 2.26. The number of hydrogen-bond donors (Lipinski definition) is 2. The van der Waals surface area contributed by atoms with Crippen molar-refractivity contribution in [1.29, 1.82) is 0 Å². The Morgan fingerprint density at radius 2 is 2.05 bits per heavy atom. The zero-order valence-electron chi connectivity index (χ0n) is 10.9. The lowest BCUT2D eigenvalue weighted by Crippen LogP contribution is -2.21. The minimum Gasteiger partial charge on any atom is -0.478 e. The van der Waals surface area contributed by atoms with Gasteiger partial charge >= 0.3 is 5.97 Å². The van der Waals surface area contributed by atoms with Crippen LogP contribution in [0.4, 0.5) is 10.1 Å². The lowest BCUT2D eigenvalue weighted by Gasteiger charge is -2.20. The second-order valence-corrected chi connectivity index (χ2v) is 6.00. The maximum Gasteiger partial charge on any atom is 0.340 e. The van der Waals surface area contributed by atoms with E-state index in [1.165, 1.54) is 12.1 Å². The van der Waals surface area contributed by atoms with Crippen molar-refractivity contribution < 1.29 is 19.1 Å². The average molecular weight is 297 g/mol. The Hall–Kier alpha value is -1.56. The summed E-state index contributed by atoms with van der Waals surface area (Å²) in [7, 11) is 0. The van der Waals surface area contributed by atoms with E-state index in [1.807, 2.05) is 11.8 Å². The number of carbonyl (C=O) groups excluding carboxylic acids is 1. The predicted molar refractivity (Wildman–Crippen MR) is 76.7 cm³/mol. The van der Waals surface area contributed by atoms with Crippen molar-refractivity contribution in [3.63, 3.8) is 0 Å². The lowest BCUT2D eigenvalue weighted by molar-refractivity contribution is -0.117. The molecule has 1 aliphatic heterocycles. The van der Waals surface area contributed by atoms with E-state index in [1.54, 1.807) is 0 Å². The van der Waals surface area contributed by atoms with Crippen molar-refractivity contribution in [3.05, 3.63) is 29.6 Å². The van der Waals surface area contributed by atoms with Gasteiger partial charge in [-0.1, -0.05) is 6.07 Å². The number of nitrogens with one attached hydrogen (secondary N) is 1. The number of thioether (sulfide) groups is 1. The van der Waals surface area contributed by atoms with Crippen molar-refractivity contribution in [3.8, 4) is 0 Å². The van der Waals surface area contributed by atoms with Gasteiger partial charge in [0.1, 0.15) is 11.4 Å². The minimum absolute atomic E-state index is 0.0210. The summed E-state index contributed by atoms with van der Waals surface area (Å²) in [6.45, 7) is 0. The van der Waals surface area contributed by atoms with Crippen LogP contribution in [0.1, 0.15) is 29.6 Å². The first kappa shape index (κ1) is 14.8. The third-order valence-corrected chi connectivity index (χ3v) is 4.37. The van der Waals surface area contributed by atoms with Crippen LogP contribution >= 0.6 is 11.8 Å². The molecule has 0 bridgehead atoms. The molecule has 0 unspecified atom stereocenters. The smallest absolute Gasteiger partial charge is 0.340 e. The number of anilines is 1. The maximum absolute atomic E-state index is 13.5. The number of rotatable bonds is 4. The molecule has 4 nitrogen and oxygen atoms in total. The summed E-state index contributed by atoms with van der Waals surface area (Å²) in [4.78, 5) is 23.0. The maximum atomic E-state index is 13.5. The van der Waals surface area contributed by atoms with Gasteiger partial charge in [0.25, 0.3) is 0 Å². The number of carbonyl (C=O) groups is 2. The first-order valence-corrected chi connectivity index (χ1v) is 7.63. The molecule has 0 atom stereocenters. The number of aromatic carboxylic acids is 1. The zero-order chi connectivity index (χ0) is 14.5. The number of carboxylic acid groups (broad SMARTS) is 1. The first-order valence-electron chi connectivity index (χ1n) is 6.47. The molecule has 0 saturated carbocycles. The summed E-state index contributed by atoms with van der Waals surface area (Å²) >= 11 is 1.88. The molecule has 0 spiro atoms. The van der Waals surface area contributed by atoms with Crippen LogP contribution in [0.2, 0.25) is 0 Å². The van der Waals surface area contributed by atoms with Crippen LogP contribution in [-0.2, 0) is 4.79 Å². The third kappa shape index (κ3) is 3.72. The normalized spacial score (nSPS) is 15.8. The van der Waals surface area contributed by atoms with E-state index in [0.29, 0.717) is 12.3 Å². The Labute approximate surface area is 120 Å². The summed E-state index contributed by atoms with van der Waals surface area (Å²) in [5.41, 5.74) is -0.465. The Morgan fingerprint density at radius 1 is 1.35 bits per heavy atom. The molecule has 1 aromatic carbocycles. The predicted octanol–water partition coefficient (Wildman–Crippen LogP) is 3.00. The molecule has 2 N–H and O–H groups in total. The Bertz CT molecular complexity index is 515. The molecule has 1 saturated heterocycles. The van der Waals surface area contributed by atoms with Gasteiger partial charge in [-0.15, -0.1) is 0 Å². The van der Waals surface area contributed by atoms with Gasteiger partial charge in [-0.25, -0.2) is 9.18 Å². The highest BCUT2D eigenvalue weighted by Gasteiger charge is 2.20. The summed E-state index contributed by atoms with van der Waals surface area (Å²) in [6.07, 6.45) is 2.34. The topological polar surface area (TPSA) is 66.4 Å². The van der Waals surface area contributed by atoms with Crippen LogP contribution in [-0.4, -0.2) is 28.5 Å². The Morgan fingerprint density at radius 3 is 2.70 bits per heavy atom. The zero-order valence-corrected chi connectivity index (χ0v) is 11.7. The molecule has 1 aromatic rings. The van der Waals surface area contributed by atoms with Crippen molar-refractivity contribution >= 4 is 29.3 Å². The SMILES string of the molecule is O=C(CC1CCSCC1)Nc1cccc(F)c1C(=O)O. The second kappa shape index (κ2) is 6.74. The van der Waals surface area contributed by atoms with Gasteiger partial charge in [-0.05, 0) is 42.4 Å². The van der Waals surface area contributed by atoms with Crippen LogP contribution in [0.5, 0.6) is 0 Å². The molecule has 20 heavy (non-hydrogen) atoms. The fourth-order valence-corrected chi connectivity index (χ4v) is 3.46. The van der Waals surface area contributed by atoms with E-state index in [4.69, 9.17) is 5.11 Å². The highest BCUT2D eigenvalue weighted by molar-refractivity contribution is 7.99. The fourth-order valence-electron chi connectivity index (χ4n) is 2.26. The van der Waals surface area contributed by atoms with Crippen molar-refractivity contribution in [2.24, 2.45) is 5.92 Å². The van der Waals surface area contributed by atoms with Crippen LogP contribution in [0.25, 0.3) is 0 Å². The van der Waals surface area contributed by atoms with Crippen LogP contribution < -0.4 is 5.32 Å². The number of hydrogen-bond acceptors (Lipinski definition) is 3. The van der Waals surface area contributed by atoms with Crippen LogP contribution in [0.15, 0.2) is 18.2 Å². The summed E-state index contributed by atoms with van der Waals surface area (Å²) in [6, 6.07) is 3.85. The first-order chi connectivity index (χ1) is 9.58. The molecule has 1 heterocycles. The molecule has 108 valence electrons. The largest absolute Gasteiger partial charge is 0.478 e. The van der Waals surface area contributed by atoms with Crippen molar-refractivity contribution in [2.75, 3.05) is 16.8 Å². The standard InChI is InChI=1S/C14H16FNO3S/c15-10-2-1-3-11(13(10)14(18)19)16-12(17)8-9-4-6-20-7-5-9/h1-3,9H,4-8H2,(H,16,17)(H,18,19). The molecular weight excluding hydrogens is 281 g/mol. The van der Waals surface area contributed by atoms with Crippen molar-refractivity contribution in [1.82, 2.24) is 0 Å². The average Bonchev–Trinajstić information content (AvgIpc) is 2.39. The summed E-state index contributed by atoms with van der Waals surface area (Å²) < 4.78 is 13.5. The van der Waals surface area contributed by atoms with Crippen molar-refractivity contribution in [2.45, 2.75) is 19.3 Å². The van der Waals surface area contributed by atoms with E-state index in [2.05, 4.69) is 5.32 Å². The van der Waals surface area contributed by atoms with E-state index in [-0.39, 0.29) is 11.6 Å². The molecular formula is C14H16FNO3S. The fraction of sp³-hybridized carbons (Fsp3) is 0.429. The van der Waals surface area contributed by atoms with Gasteiger partial charge in [0.2, 0.25) is 5.91 Å². The summed E-state index contributed by atoms with van der Waals surface area (Å²) in [5, 5.41) is 11.5. The van der Waals surface area contributed by atoms with Gasteiger partial charge in [-0.3, -0.25) is 4.79 Å². The molecule has 0 aromatic heterocycles. The van der Waals surface area contributed by atoms with E-state index >= 15 is 0 Å². The Kier molecular flexibility index (Phi) is 5.00. The number of benzene rings is 1. The molecule has 2 rings (SSSR count).